The van der Waals surface area contributed by atoms with Crippen molar-refractivity contribution in [2.24, 2.45) is 5.92 Å². The number of hydrogen-bond donors (Lipinski definition) is 1. The van der Waals surface area contributed by atoms with E-state index in [0.29, 0.717) is 31.7 Å². The first-order chi connectivity index (χ1) is 11.6. The number of likely N-dealkylation sites (tertiary alicyclic amines) is 1. The Labute approximate surface area is 146 Å². The summed E-state index contributed by atoms with van der Waals surface area (Å²) in [7, 11) is 0. The van der Waals surface area contributed by atoms with Gasteiger partial charge in [-0.25, -0.2) is 0 Å². The summed E-state index contributed by atoms with van der Waals surface area (Å²) in [6.45, 7) is 6.12. The number of carbonyl (C=O) groups excluding carboxylic acids is 1. The summed E-state index contributed by atoms with van der Waals surface area (Å²) >= 11 is 0. The van der Waals surface area contributed by atoms with Crippen molar-refractivity contribution in [2.75, 3.05) is 32.8 Å². The minimum atomic E-state index is -0.451. The van der Waals surface area contributed by atoms with Crippen molar-refractivity contribution in [3.8, 4) is 0 Å². The van der Waals surface area contributed by atoms with Crippen LogP contribution >= 0.6 is 0 Å². The third-order valence-electron chi connectivity index (χ3n) is 6.01. The highest BCUT2D eigenvalue weighted by Crippen LogP contribution is 2.28. The molecule has 2 unspecified atom stereocenters. The molecule has 3 fully saturated rings. The van der Waals surface area contributed by atoms with E-state index in [1.54, 1.807) is 0 Å². The monoisotopic (exact) mass is 338 g/mol. The predicted octanol–water partition coefficient (Wildman–Crippen LogP) is 2.03. The Hall–Kier alpha value is -0.650. The molecule has 3 rings (SSSR count). The van der Waals surface area contributed by atoms with Crippen LogP contribution in [-0.2, 0) is 9.53 Å². The Morgan fingerprint density at radius 2 is 2.04 bits per heavy atom. The molecule has 0 aromatic heterocycles. The average molecular weight is 338 g/mol. The number of nitrogens with zero attached hydrogens (tertiary/aromatic N) is 2. The predicted molar refractivity (Wildman–Crippen MR) is 93.8 cm³/mol. The van der Waals surface area contributed by atoms with Gasteiger partial charge in [0.1, 0.15) is 0 Å². The van der Waals surface area contributed by atoms with Gasteiger partial charge in [-0.3, -0.25) is 9.69 Å². The molecule has 24 heavy (non-hydrogen) atoms. The molecule has 1 aliphatic carbocycles. The summed E-state index contributed by atoms with van der Waals surface area (Å²) in [4.78, 5) is 16.1. The molecular formula is C19H34N2O3. The molecule has 1 saturated carbocycles. The van der Waals surface area contributed by atoms with Gasteiger partial charge in [-0.15, -0.1) is 0 Å². The van der Waals surface area contributed by atoms with E-state index in [1.807, 2.05) is 4.90 Å². The van der Waals surface area contributed by atoms with E-state index < -0.39 is 6.10 Å². The molecule has 3 aliphatic rings. The molecule has 2 saturated heterocycles. The molecular weight excluding hydrogens is 304 g/mol. The smallest absolute Gasteiger partial charge is 0.222 e. The number of β-amino-alcohol motifs (C(OH)–C–C–N with tert-alkyl or cyclic N) is 1. The van der Waals surface area contributed by atoms with Crippen LogP contribution in [0.4, 0.5) is 0 Å². The van der Waals surface area contributed by atoms with Crippen molar-refractivity contribution in [2.45, 2.75) is 76.5 Å². The number of rotatable bonds is 7. The summed E-state index contributed by atoms with van der Waals surface area (Å²) in [5.41, 5.74) is 0. The summed E-state index contributed by atoms with van der Waals surface area (Å²) in [6.07, 6.45) is 8.77. The Kier molecular flexibility index (Phi) is 6.53. The molecule has 138 valence electrons. The van der Waals surface area contributed by atoms with Crippen molar-refractivity contribution >= 4 is 5.91 Å². The quantitative estimate of drug-likeness (QED) is 0.772. The summed E-state index contributed by atoms with van der Waals surface area (Å²) in [5, 5.41) is 10.6. The van der Waals surface area contributed by atoms with Crippen molar-refractivity contribution in [3.05, 3.63) is 0 Å². The van der Waals surface area contributed by atoms with Crippen LogP contribution in [0.3, 0.4) is 0 Å². The lowest BCUT2D eigenvalue weighted by molar-refractivity contribution is -0.129. The van der Waals surface area contributed by atoms with E-state index in [-0.39, 0.29) is 5.91 Å². The lowest BCUT2D eigenvalue weighted by Gasteiger charge is -2.38. The zero-order valence-electron chi connectivity index (χ0n) is 15.2. The molecule has 0 aromatic rings. The largest absolute Gasteiger partial charge is 0.390 e. The maximum atomic E-state index is 11.8. The normalized spacial score (nSPS) is 32.7. The van der Waals surface area contributed by atoms with Gasteiger partial charge >= 0.3 is 0 Å². The number of amides is 1. The molecule has 1 amide bonds. The van der Waals surface area contributed by atoms with Crippen molar-refractivity contribution in [3.63, 3.8) is 0 Å². The standard InChI is InChI=1S/C19H34N2O3/c1-15-6-8-16(9-7-15)21(14-18-4-3-11-24-18)13-17(22)12-20-10-2-5-19(20)23/h15-18,22H,2-14H2,1H3. The van der Waals surface area contributed by atoms with Crippen molar-refractivity contribution < 1.29 is 14.6 Å². The van der Waals surface area contributed by atoms with E-state index >= 15 is 0 Å². The average Bonchev–Trinajstić information content (AvgIpc) is 3.20. The van der Waals surface area contributed by atoms with Gasteiger partial charge in [0.05, 0.1) is 12.2 Å². The molecule has 5 heteroatoms. The van der Waals surface area contributed by atoms with E-state index in [4.69, 9.17) is 4.74 Å². The number of aliphatic hydroxyl groups is 1. The molecule has 0 spiro atoms. The summed E-state index contributed by atoms with van der Waals surface area (Å²) < 4.78 is 5.84. The number of ether oxygens (including phenoxy) is 1. The van der Waals surface area contributed by atoms with E-state index in [2.05, 4.69) is 11.8 Å². The molecule has 5 nitrogen and oxygen atoms in total. The van der Waals surface area contributed by atoms with Crippen LogP contribution in [0.1, 0.15) is 58.3 Å². The third-order valence-corrected chi connectivity index (χ3v) is 6.01. The van der Waals surface area contributed by atoms with Crippen LogP contribution in [0.25, 0.3) is 0 Å². The molecule has 1 N–H and O–H groups in total. The second-order valence-corrected chi connectivity index (χ2v) is 8.10. The second kappa shape index (κ2) is 8.63. The third kappa shape index (κ3) is 4.93. The van der Waals surface area contributed by atoms with Crippen LogP contribution in [0, 0.1) is 5.92 Å². The fourth-order valence-corrected chi connectivity index (χ4v) is 4.51. The van der Waals surface area contributed by atoms with Gasteiger partial charge in [-0.05, 0) is 50.9 Å². The minimum absolute atomic E-state index is 0.200. The van der Waals surface area contributed by atoms with Gasteiger partial charge in [0.15, 0.2) is 0 Å². The van der Waals surface area contributed by atoms with Crippen molar-refractivity contribution in [1.82, 2.24) is 9.80 Å². The Balaban J connectivity index is 1.54. The Morgan fingerprint density at radius 1 is 1.25 bits per heavy atom. The highest BCUT2D eigenvalue weighted by Gasteiger charge is 2.30. The molecule has 2 atom stereocenters. The number of carbonyl (C=O) groups is 1. The first kappa shape index (κ1) is 18.2. The zero-order valence-corrected chi connectivity index (χ0v) is 15.2. The van der Waals surface area contributed by atoms with E-state index in [9.17, 15) is 9.90 Å². The van der Waals surface area contributed by atoms with Gasteiger partial charge in [0.2, 0.25) is 5.91 Å². The molecule has 0 radical (unpaired) electrons. The van der Waals surface area contributed by atoms with Gasteiger partial charge in [0, 0.05) is 45.2 Å². The van der Waals surface area contributed by atoms with Crippen LogP contribution in [0.5, 0.6) is 0 Å². The van der Waals surface area contributed by atoms with Gasteiger partial charge in [-0.1, -0.05) is 6.92 Å². The topological polar surface area (TPSA) is 53.0 Å². The summed E-state index contributed by atoms with van der Waals surface area (Å²) in [5.74, 6) is 1.03. The minimum Gasteiger partial charge on any atom is -0.390 e. The molecule has 0 bridgehead atoms. The fraction of sp³-hybridized carbons (Fsp3) is 0.947. The number of aliphatic hydroxyl groups excluding tert-OH is 1. The van der Waals surface area contributed by atoms with Crippen LogP contribution < -0.4 is 0 Å². The molecule has 0 aromatic carbocycles. The summed E-state index contributed by atoms with van der Waals surface area (Å²) in [6, 6.07) is 0.564. The number of hydrogen-bond acceptors (Lipinski definition) is 4. The van der Waals surface area contributed by atoms with Crippen molar-refractivity contribution in [1.29, 1.82) is 0 Å². The van der Waals surface area contributed by atoms with E-state index in [1.165, 1.54) is 25.7 Å². The zero-order chi connectivity index (χ0) is 16.9. The highest BCUT2D eigenvalue weighted by molar-refractivity contribution is 5.78. The maximum Gasteiger partial charge on any atom is 0.222 e. The van der Waals surface area contributed by atoms with Gasteiger partial charge in [-0.2, -0.15) is 0 Å². The SMILES string of the molecule is CC1CCC(N(CC(O)CN2CCCC2=O)CC2CCCO2)CC1. The lowest BCUT2D eigenvalue weighted by atomic mass is 9.86. The maximum absolute atomic E-state index is 11.8. The first-order valence-electron chi connectivity index (χ1n) is 9.93. The van der Waals surface area contributed by atoms with Crippen LogP contribution in [0.2, 0.25) is 0 Å². The fourth-order valence-electron chi connectivity index (χ4n) is 4.51. The lowest BCUT2D eigenvalue weighted by Crippen LogP contribution is -2.48. The van der Waals surface area contributed by atoms with E-state index in [0.717, 1.165) is 44.9 Å². The Morgan fingerprint density at radius 3 is 2.67 bits per heavy atom. The van der Waals surface area contributed by atoms with Crippen LogP contribution in [-0.4, -0.2) is 71.8 Å². The van der Waals surface area contributed by atoms with Gasteiger partial charge < -0.3 is 14.7 Å². The van der Waals surface area contributed by atoms with Crippen LogP contribution in [0.15, 0.2) is 0 Å². The highest BCUT2D eigenvalue weighted by atomic mass is 16.5. The Bertz CT molecular complexity index is 403. The molecule has 2 aliphatic heterocycles. The molecule has 2 heterocycles. The van der Waals surface area contributed by atoms with Gasteiger partial charge in [0.25, 0.3) is 0 Å². The second-order valence-electron chi connectivity index (χ2n) is 8.10. The first-order valence-corrected chi connectivity index (χ1v) is 9.93.